The number of benzene rings is 2. The second kappa shape index (κ2) is 9.93. The molecule has 162 valence electrons. The Morgan fingerprint density at radius 2 is 1.74 bits per heavy atom. The molecule has 1 aromatic heterocycles. The van der Waals surface area contributed by atoms with Gasteiger partial charge < -0.3 is 18.7 Å². The summed E-state index contributed by atoms with van der Waals surface area (Å²) in [5.74, 6) is 0.975. The molecular formula is C24H25NO6. The maximum atomic E-state index is 12.6. The fourth-order valence-corrected chi connectivity index (χ4v) is 2.98. The number of ether oxygens (including phenoxy) is 3. The quantitative estimate of drug-likeness (QED) is 0.364. The van der Waals surface area contributed by atoms with E-state index in [9.17, 15) is 9.59 Å². The summed E-state index contributed by atoms with van der Waals surface area (Å²) in [6.07, 6.45) is -0.933. The van der Waals surface area contributed by atoms with Crippen LogP contribution in [0.3, 0.4) is 0 Å². The highest BCUT2D eigenvalue weighted by Gasteiger charge is 2.21. The molecule has 0 saturated heterocycles. The van der Waals surface area contributed by atoms with Crippen LogP contribution in [0.1, 0.15) is 51.6 Å². The minimum atomic E-state index is -0.933. The van der Waals surface area contributed by atoms with Gasteiger partial charge in [0.25, 0.3) is 0 Å². The molecule has 3 rings (SSSR count). The minimum Gasteiger partial charge on any atom is -0.494 e. The summed E-state index contributed by atoms with van der Waals surface area (Å²) < 4.78 is 21.6. The van der Waals surface area contributed by atoms with Crippen LogP contribution in [0, 0.1) is 13.8 Å². The van der Waals surface area contributed by atoms with Gasteiger partial charge in [-0.3, -0.25) is 4.79 Å². The Labute approximate surface area is 180 Å². The van der Waals surface area contributed by atoms with E-state index in [0.29, 0.717) is 35.0 Å². The standard InChI is InChI=1S/C24H25NO6/c1-5-28-20-11-9-18(10-12-20)23(26)17(4)30-24(27)19-7-6-8-21(13-19)29-14-22-15(2)25-31-16(22)3/h6-13,17H,5,14H2,1-4H3/t17-/m0/s1. The van der Waals surface area contributed by atoms with E-state index >= 15 is 0 Å². The average molecular weight is 423 g/mol. The second-order valence-corrected chi connectivity index (χ2v) is 6.99. The van der Waals surface area contributed by atoms with Gasteiger partial charge in [-0.15, -0.1) is 0 Å². The molecule has 0 aliphatic rings. The summed E-state index contributed by atoms with van der Waals surface area (Å²) in [4.78, 5) is 25.1. The van der Waals surface area contributed by atoms with E-state index in [-0.39, 0.29) is 12.4 Å². The number of carbonyl (C=O) groups excluding carboxylic acids is 2. The van der Waals surface area contributed by atoms with Crippen LogP contribution in [0.15, 0.2) is 53.1 Å². The van der Waals surface area contributed by atoms with Crippen molar-refractivity contribution in [1.29, 1.82) is 0 Å². The van der Waals surface area contributed by atoms with Crippen LogP contribution >= 0.6 is 0 Å². The van der Waals surface area contributed by atoms with Crippen LogP contribution in [0.25, 0.3) is 0 Å². The van der Waals surface area contributed by atoms with E-state index in [2.05, 4.69) is 5.16 Å². The van der Waals surface area contributed by atoms with Crippen LogP contribution in [0.5, 0.6) is 11.5 Å². The zero-order valence-corrected chi connectivity index (χ0v) is 18.0. The van der Waals surface area contributed by atoms with Crippen molar-refractivity contribution in [2.75, 3.05) is 6.61 Å². The number of hydrogen-bond acceptors (Lipinski definition) is 7. The van der Waals surface area contributed by atoms with Crippen molar-refractivity contribution in [1.82, 2.24) is 5.16 Å². The molecule has 1 heterocycles. The SMILES string of the molecule is CCOc1ccc(C(=O)[C@H](C)OC(=O)c2cccc(OCc3c(C)noc3C)c2)cc1. The summed E-state index contributed by atoms with van der Waals surface area (Å²) >= 11 is 0. The lowest BCUT2D eigenvalue weighted by atomic mass is 10.1. The van der Waals surface area contributed by atoms with E-state index in [1.807, 2.05) is 20.8 Å². The van der Waals surface area contributed by atoms with Crippen LogP contribution in [0.4, 0.5) is 0 Å². The monoisotopic (exact) mass is 423 g/mol. The lowest BCUT2D eigenvalue weighted by Gasteiger charge is -2.13. The number of Topliss-reactive ketones (excluding diaryl/α,β-unsaturated/α-hetero) is 1. The number of hydrogen-bond donors (Lipinski definition) is 0. The number of aryl methyl sites for hydroxylation is 2. The van der Waals surface area contributed by atoms with E-state index < -0.39 is 12.1 Å². The molecule has 2 aromatic carbocycles. The molecule has 1 atom stereocenters. The Kier molecular flexibility index (Phi) is 7.07. The molecule has 0 unspecified atom stereocenters. The Morgan fingerprint density at radius 1 is 1.00 bits per heavy atom. The summed E-state index contributed by atoms with van der Waals surface area (Å²) in [6.45, 7) is 7.90. The number of nitrogens with zero attached hydrogens (tertiary/aromatic N) is 1. The van der Waals surface area contributed by atoms with Gasteiger partial charge in [-0.25, -0.2) is 4.79 Å². The van der Waals surface area contributed by atoms with Crippen LogP contribution in [-0.4, -0.2) is 29.6 Å². The largest absolute Gasteiger partial charge is 0.494 e. The van der Waals surface area contributed by atoms with Crippen LogP contribution in [-0.2, 0) is 11.3 Å². The highest BCUT2D eigenvalue weighted by molar-refractivity contribution is 6.01. The number of ketones is 1. The van der Waals surface area contributed by atoms with Gasteiger partial charge in [-0.2, -0.15) is 0 Å². The molecule has 0 spiro atoms. The first-order valence-electron chi connectivity index (χ1n) is 10.0. The third-order valence-electron chi connectivity index (χ3n) is 4.74. The maximum absolute atomic E-state index is 12.6. The molecular weight excluding hydrogens is 398 g/mol. The molecule has 3 aromatic rings. The first kappa shape index (κ1) is 22.1. The van der Waals surface area contributed by atoms with Crippen LogP contribution in [0.2, 0.25) is 0 Å². The van der Waals surface area contributed by atoms with Gasteiger partial charge in [0, 0.05) is 5.56 Å². The van der Waals surface area contributed by atoms with Crippen molar-refractivity contribution in [3.8, 4) is 11.5 Å². The van der Waals surface area contributed by atoms with Crippen molar-refractivity contribution in [2.24, 2.45) is 0 Å². The molecule has 0 fully saturated rings. The molecule has 0 saturated carbocycles. The number of rotatable bonds is 9. The summed E-state index contributed by atoms with van der Waals surface area (Å²) in [5, 5.41) is 3.89. The fraction of sp³-hybridized carbons (Fsp3) is 0.292. The normalized spacial score (nSPS) is 11.6. The summed E-state index contributed by atoms with van der Waals surface area (Å²) in [7, 11) is 0. The highest BCUT2D eigenvalue weighted by atomic mass is 16.5. The Bertz CT molecular complexity index is 1030. The third kappa shape index (κ3) is 5.51. The number of carbonyl (C=O) groups is 2. The highest BCUT2D eigenvalue weighted by Crippen LogP contribution is 2.20. The number of aromatic nitrogens is 1. The van der Waals surface area contributed by atoms with E-state index in [4.69, 9.17) is 18.7 Å². The molecule has 7 heteroatoms. The zero-order valence-electron chi connectivity index (χ0n) is 18.0. The predicted octanol–water partition coefficient (Wildman–Crippen LogP) is 4.70. The maximum Gasteiger partial charge on any atom is 0.338 e. The van der Waals surface area contributed by atoms with Crippen LogP contribution < -0.4 is 9.47 Å². The molecule has 0 amide bonds. The second-order valence-electron chi connectivity index (χ2n) is 6.99. The Morgan fingerprint density at radius 3 is 2.39 bits per heavy atom. The lowest BCUT2D eigenvalue weighted by molar-refractivity contribution is 0.0318. The smallest absolute Gasteiger partial charge is 0.338 e. The molecule has 0 aliphatic carbocycles. The van der Waals surface area contributed by atoms with E-state index in [1.165, 1.54) is 0 Å². The first-order chi connectivity index (χ1) is 14.9. The topological polar surface area (TPSA) is 87.9 Å². The van der Waals surface area contributed by atoms with Crippen molar-refractivity contribution in [3.63, 3.8) is 0 Å². The fourth-order valence-electron chi connectivity index (χ4n) is 2.98. The van der Waals surface area contributed by atoms with Crippen molar-refractivity contribution in [3.05, 3.63) is 76.7 Å². The van der Waals surface area contributed by atoms with E-state index in [0.717, 1.165) is 11.3 Å². The minimum absolute atomic E-state index is 0.270. The average Bonchev–Trinajstić information content (AvgIpc) is 3.10. The summed E-state index contributed by atoms with van der Waals surface area (Å²) in [5.41, 5.74) is 2.36. The summed E-state index contributed by atoms with van der Waals surface area (Å²) in [6, 6.07) is 13.4. The lowest BCUT2D eigenvalue weighted by Crippen LogP contribution is -2.24. The van der Waals surface area contributed by atoms with Gasteiger partial charge in [0.15, 0.2) is 6.10 Å². The molecule has 0 radical (unpaired) electrons. The predicted molar refractivity (Wildman–Crippen MR) is 114 cm³/mol. The van der Waals surface area contributed by atoms with Gasteiger partial charge in [0.2, 0.25) is 5.78 Å². The van der Waals surface area contributed by atoms with Crippen molar-refractivity contribution < 1.29 is 28.3 Å². The zero-order chi connectivity index (χ0) is 22.4. The van der Waals surface area contributed by atoms with Gasteiger partial charge >= 0.3 is 5.97 Å². The van der Waals surface area contributed by atoms with Gasteiger partial charge in [0.05, 0.1) is 23.4 Å². The Balaban J connectivity index is 1.61. The van der Waals surface area contributed by atoms with Gasteiger partial charge in [-0.05, 0) is 70.2 Å². The molecule has 0 bridgehead atoms. The first-order valence-corrected chi connectivity index (χ1v) is 10.0. The van der Waals surface area contributed by atoms with Crippen molar-refractivity contribution in [2.45, 2.75) is 40.4 Å². The van der Waals surface area contributed by atoms with Gasteiger partial charge in [0.1, 0.15) is 23.9 Å². The third-order valence-corrected chi connectivity index (χ3v) is 4.74. The van der Waals surface area contributed by atoms with Gasteiger partial charge in [-0.1, -0.05) is 11.2 Å². The molecule has 31 heavy (non-hydrogen) atoms. The molecule has 0 aliphatic heterocycles. The molecule has 0 N–H and O–H groups in total. The Hall–Kier alpha value is -3.61. The molecule has 7 nitrogen and oxygen atoms in total. The van der Waals surface area contributed by atoms with Crippen molar-refractivity contribution >= 4 is 11.8 Å². The van der Waals surface area contributed by atoms with E-state index in [1.54, 1.807) is 55.5 Å². The number of esters is 1.